The molecule has 0 radical (unpaired) electrons. The number of hydrogen-bond donors (Lipinski definition) is 1. The molecule has 1 rings (SSSR count). The lowest BCUT2D eigenvalue weighted by molar-refractivity contribution is -0.139. The summed E-state index contributed by atoms with van der Waals surface area (Å²) >= 11 is 0. The van der Waals surface area contributed by atoms with Gasteiger partial charge in [-0.25, -0.2) is 0 Å². The standard InChI is InChI=1S/C14H27N3O3.ClH/c1-14(2,10-15)11-16(3)12(18)4-5-13(19)17-6-8-20-9-7-17;/h4-11,15H2,1-3H3;1H. The van der Waals surface area contributed by atoms with Crippen LogP contribution in [-0.2, 0) is 14.3 Å². The average molecular weight is 322 g/mol. The maximum Gasteiger partial charge on any atom is 0.223 e. The predicted octanol–water partition coefficient (Wildman–Crippen LogP) is 0.491. The molecule has 0 aromatic rings. The van der Waals surface area contributed by atoms with E-state index < -0.39 is 0 Å². The Morgan fingerprint density at radius 1 is 1.24 bits per heavy atom. The molecule has 0 aliphatic carbocycles. The summed E-state index contributed by atoms with van der Waals surface area (Å²) in [6, 6.07) is 0. The van der Waals surface area contributed by atoms with Gasteiger partial charge in [0, 0.05) is 39.5 Å². The second kappa shape index (κ2) is 9.23. The van der Waals surface area contributed by atoms with Crippen molar-refractivity contribution < 1.29 is 14.3 Å². The van der Waals surface area contributed by atoms with E-state index in [0.29, 0.717) is 39.4 Å². The van der Waals surface area contributed by atoms with Crippen LogP contribution < -0.4 is 5.73 Å². The number of morpholine rings is 1. The SMILES string of the molecule is CN(CC(C)(C)CN)C(=O)CCC(=O)N1CCOCC1.Cl. The van der Waals surface area contributed by atoms with Crippen molar-refractivity contribution in [2.45, 2.75) is 26.7 Å². The third-order valence-electron chi connectivity index (χ3n) is 3.56. The van der Waals surface area contributed by atoms with E-state index in [-0.39, 0.29) is 42.5 Å². The zero-order valence-corrected chi connectivity index (χ0v) is 14.1. The van der Waals surface area contributed by atoms with Gasteiger partial charge in [-0.15, -0.1) is 12.4 Å². The molecule has 1 fully saturated rings. The van der Waals surface area contributed by atoms with E-state index in [1.807, 2.05) is 13.8 Å². The minimum Gasteiger partial charge on any atom is -0.378 e. The van der Waals surface area contributed by atoms with Crippen LogP contribution in [0, 0.1) is 5.41 Å². The second-order valence-electron chi connectivity index (χ2n) is 6.11. The quantitative estimate of drug-likeness (QED) is 0.772. The van der Waals surface area contributed by atoms with Crippen LogP contribution in [0.15, 0.2) is 0 Å². The topological polar surface area (TPSA) is 75.9 Å². The molecule has 2 N–H and O–H groups in total. The first-order chi connectivity index (χ1) is 9.35. The van der Waals surface area contributed by atoms with E-state index in [0.717, 1.165) is 0 Å². The first-order valence-electron chi connectivity index (χ1n) is 7.15. The van der Waals surface area contributed by atoms with Gasteiger partial charge in [-0.1, -0.05) is 13.8 Å². The summed E-state index contributed by atoms with van der Waals surface area (Å²) < 4.78 is 5.20. The van der Waals surface area contributed by atoms with E-state index in [1.54, 1.807) is 16.8 Å². The van der Waals surface area contributed by atoms with Gasteiger partial charge in [0.05, 0.1) is 13.2 Å². The van der Waals surface area contributed by atoms with E-state index in [2.05, 4.69) is 0 Å². The number of carbonyl (C=O) groups excluding carboxylic acids is 2. The van der Waals surface area contributed by atoms with Crippen LogP contribution in [0.5, 0.6) is 0 Å². The molecule has 1 heterocycles. The molecule has 0 spiro atoms. The van der Waals surface area contributed by atoms with Crippen molar-refractivity contribution >= 4 is 24.2 Å². The Bertz CT molecular complexity index is 344. The number of hydrogen-bond acceptors (Lipinski definition) is 4. The number of ether oxygens (including phenoxy) is 1. The molecule has 0 saturated carbocycles. The molecule has 6 nitrogen and oxygen atoms in total. The van der Waals surface area contributed by atoms with Crippen molar-refractivity contribution in [1.29, 1.82) is 0 Å². The molecule has 1 aliphatic rings. The molecular weight excluding hydrogens is 294 g/mol. The van der Waals surface area contributed by atoms with Gasteiger partial charge in [0.25, 0.3) is 0 Å². The normalized spacial score (nSPS) is 15.3. The van der Waals surface area contributed by atoms with Gasteiger partial charge < -0.3 is 20.3 Å². The monoisotopic (exact) mass is 321 g/mol. The smallest absolute Gasteiger partial charge is 0.223 e. The summed E-state index contributed by atoms with van der Waals surface area (Å²) in [4.78, 5) is 27.4. The van der Waals surface area contributed by atoms with Gasteiger partial charge in [0.1, 0.15) is 0 Å². The molecule has 21 heavy (non-hydrogen) atoms. The van der Waals surface area contributed by atoms with Crippen LogP contribution in [-0.4, -0.2) is 68.1 Å². The van der Waals surface area contributed by atoms with Crippen molar-refractivity contribution in [3.8, 4) is 0 Å². The first kappa shape index (κ1) is 20.1. The first-order valence-corrected chi connectivity index (χ1v) is 7.15. The number of nitrogens with two attached hydrogens (primary N) is 1. The maximum absolute atomic E-state index is 12.0. The summed E-state index contributed by atoms with van der Waals surface area (Å²) in [7, 11) is 1.76. The summed E-state index contributed by atoms with van der Waals surface area (Å²) in [6.07, 6.45) is 0.527. The van der Waals surface area contributed by atoms with E-state index in [4.69, 9.17) is 10.5 Å². The van der Waals surface area contributed by atoms with E-state index in [1.165, 1.54) is 0 Å². The van der Waals surface area contributed by atoms with Gasteiger partial charge >= 0.3 is 0 Å². The molecule has 2 amide bonds. The van der Waals surface area contributed by atoms with Crippen LogP contribution in [0.25, 0.3) is 0 Å². The number of halogens is 1. The minimum absolute atomic E-state index is 0. The van der Waals surface area contributed by atoms with Crippen LogP contribution in [0.2, 0.25) is 0 Å². The highest BCUT2D eigenvalue weighted by Gasteiger charge is 2.22. The Hall–Kier alpha value is -0.850. The van der Waals surface area contributed by atoms with Gasteiger partial charge in [0.2, 0.25) is 11.8 Å². The second-order valence-corrected chi connectivity index (χ2v) is 6.11. The summed E-state index contributed by atoms with van der Waals surface area (Å²) in [5, 5.41) is 0. The average Bonchev–Trinajstić information content (AvgIpc) is 2.44. The largest absolute Gasteiger partial charge is 0.378 e. The lowest BCUT2D eigenvalue weighted by Crippen LogP contribution is -2.42. The Morgan fingerprint density at radius 2 is 1.81 bits per heavy atom. The maximum atomic E-state index is 12.0. The summed E-state index contributed by atoms with van der Waals surface area (Å²) in [5.74, 6) is 0.0290. The van der Waals surface area contributed by atoms with Crippen molar-refractivity contribution in [2.24, 2.45) is 11.1 Å². The van der Waals surface area contributed by atoms with Crippen molar-refractivity contribution in [2.75, 3.05) is 46.4 Å². The third kappa shape index (κ3) is 7.11. The van der Waals surface area contributed by atoms with Gasteiger partial charge in [0.15, 0.2) is 0 Å². The predicted molar refractivity (Wildman–Crippen MR) is 84.4 cm³/mol. The number of nitrogens with zero attached hydrogens (tertiary/aromatic N) is 2. The number of carbonyl (C=O) groups is 2. The Morgan fingerprint density at radius 3 is 2.33 bits per heavy atom. The highest BCUT2D eigenvalue weighted by atomic mass is 35.5. The molecule has 0 aromatic carbocycles. The summed E-state index contributed by atoms with van der Waals surface area (Å²) in [5.41, 5.74) is 5.57. The molecule has 1 saturated heterocycles. The fourth-order valence-corrected chi connectivity index (χ4v) is 2.17. The minimum atomic E-state index is -0.0986. The van der Waals surface area contributed by atoms with Crippen LogP contribution >= 0.6 is 12.4 Å². The highest BCUT2D eigenvalue weighted by molar-refractivity contribution is 5.85. The molecule has 0 bridgehead atoms. The molecule has 0 atom stereocenters. The van der Waals surface area contributed by atoms with Gasteiger partial charge in [-0.2, -0.15) is 0 Å². The zero-order chi connectivity index (χ0) is 15.2. The van der Waals surface area contributed by atoms with Crippen molar-refractivity contribution in [3.05, 3.63) is 0 Å². The summed E-state index contributed by atoms with van der Waals surface area (Å²) in [6.45, 7) is 7.61. The molecule has 0 unspecified atom stereocenters. The van der Waals surface area contributed by atoms with E-state index >= 15 is 0 Å². The molecule has 1 aliphatic heterocycles. The van der Waals surface area contributed by atoms with Gasteiger partial charge in [-0.3, -0.25) is 9.59 Å². The van der Waals surface area contributed by atoms with Crippen molar-refractivity contribution in [1.82, 2.24) is 9.80 Å². The fourth-order valence-electron chi connectivity index (χ4n) is 2.17. The fraction of sp³-hybridized carbons (Fsp3) is 0.857. The van der Waals surface area contributed by atoms with Crippen LogP contribution in [0.4, 0.5) is 0 Å². The lowest BCUT2D eigenvalue weighted by atomic mass is 9.93. The molecule has 124 valence electrons. The van der Waals surface area contributed by atoms with Crippen molar-refractivity contribution in [3.63, 3.8) is 0 Å². The van der Waals surface area contributed by atoms with Crippen LogP contribution in [0.3, 0.4) is 0 Å². The molecule has 0 aromatic heterocycles. The van der Waals surface area contributed by atoms with E-state index in [9.17, 15) is 9.59 Å². The Kier molecular flexibility index (Phi) is 8.85. The number of amides is 2. The third-order valence-corrected chi connectivity index (χ3v) is 3.56. The number of rotatable bonds is 6. The Balaban J connectivity index is 0.00000400. The van der Waals surface area contributed by atoms with Crippen LogP contribution in [0.1, 0.15) is 26.7 Å². The highest BCUT2D eigenvalue weighted by Crippen LogP contribution is 2.14. The zero-order valence-electron chi connectivity index (χ0n) is 13.3. The molecule has 7 heteroatoms. The molecular formula is C14H28ClN3O3. The lowest BCUT2D eigenvalue weighted by Gasteiger charge is -2.30. The van der Waals surface area contributed by atoms with Gasteiger partial charge in [-0.05, 0) is 12.0 Å². The Labute approximate surface area is 133 Å².